The molecule has 0 spiro atoms. The van der Waals surface area contributed by atoms with Gasteiger partial charge in [-0.1, -0.05) is 28.2 Å². The Hall–Kier alpha value is 1.19. The maximum absolute atomic E-state index is 11.6. The lowest BCUT2D eigenvalue weighted by atomic mass is 9.93. The number of rotatable bonds is 67. The van der Waals surface area contributed by atoms with Crippen LogP contribution in [-0.4, -0.2) is 240 Å². The van der Waals surface area contributed by atoms with E-state index >= 15 is 0 Å². The summed E-state index contributed by atoms with van der Waals surface area (Å²) in [6.45, 7) is 52.4. The second kappa shape index (κ2) is 72.0. The highest BCUT2D eigenvalue weighted by Crippen LogP contribution is 2.51. The normalized spacial score (nSPS) is 18.4. The highest BCUT2D eigenvalue weighted by atomic mass is 31.2. The molecular formula is C77H168O58P13-13. The first kappa shape index (κ1) is 162. The Balaban J connectivity index is -0.000000326. The van der Waals surface area contributed by atoms with Crippen molar-refractivity contribution < 1.29 is 269 Å². The zero-order valence-corrected chi connectivity index (χ0v) is 103. The van der Waals surface area contributed by atoms with Crippen LogP contribution in [0, 0.1) is 5.41 Å². The third kappa shape index (κ3) is 129. The van der Waals surface area contributed by atoms with E-state index in [0.717, 1.165) is 0 Å². The highest BCUT2D eigenvalue weighted by molar-refractivity contribution is 7.49. The predicted octanol–water partition coefficient (Wildman–Crippen LogP) is 10.4. The zero-order chi connectivity index (χ0) is 117. The molecule has 0 amide bonds. The first-order valence-corrected chi connectivity index (χ1v) is 63.9. The predicted molar refractivity (Wildman–Crippen MR) is 513 cm³/mol. The van der Waals surface area contributed by atoms with E-state index in [2.05, 4.69) is 86.0 Å². The Labute approximate surface area is 875 Å². The molecule has 0 fully saturated rings. The number of phosphoric acid groups is 13. The molecular weight excluding hydrogens is 2260 g/mol. The number of phosphoric ester groups is 13. The molecule has 71 heteroatoms. The molecule has 58 nitrogen and oxygen atoms in total. The van der Waals surface area contributed by atoms with Gasteiger partial charge in [-0.15, -0.1) is 0 Å². The Bertz CT molecular complexity index is 4070. The summed E-state index contributed by atoms with van der Waals surface area (Å²) < 4.78 is 299. The molecule has 0 saturated carbocycles. The lowest BCUT2D eigenvalue weighted by Gasteiger charge is -2.31. The number of ether oxygens (including phenoxy) is 6. The molecule has 0 radical (unpaired) electrons. The van der Waals surface area contributed by atoms with Crippen molar-refractivity contribution in [1.82, 2.24) is 0 Å². The third-order valence-corrected chi connectivity index (χ3v) is 27.3. The highest BCUT2D eigenvalue weighted by Gasteiger charge is 2.30. The van der Waals surface area contributed by atoms with Crippen molar-refractivity contribution in [3.63, 3.8) is 0 Å². The molecule has 0 aromatic rings. The molecule has 0 saturated heterocycles. The van der Waals surface area contributed by atoms with E-state index in [1.54, 1.807) is 145 Å². The molecule has 0 aromatic carbocycles. The quantitative estimate of drug-likeness (QED) is 0.0403. The molecule has 0 N–H and O–H groups in total. The molecule has 0 aliphatic heterocycles. The molecule has 0 aromatic heterocycles. The zero-order valence-electron chi connectivity index (χ0n) is 91.3. The molecule has 0 heterocycles. The molecule has 11 atom stereocenters. The van der Waals surface area contributed by atoms with Gasteiger partial charge in [-0.05, 0) is 240 Å². The van der Waals surface area contributed by atoms with Crippen LogP contribution in [0.1, 0.15) is 263 Å². The van der Waals surface area contributed by atoms with E-state index in [4.69, 9.17) is 60.1 Å². The Morgan fingerprint density at radius 2 is 0.230 bits per heavy atom. The van der Waals surface area contributed by atoms with E-state index in [0.29, 0.717) is 6.42 Å². The second-order valence-corrected chi connectivity index (χ2v) is 59.2. The summed E-state index contributed by atoms with van der Waals surface area (Å²) in [5.74, 6) is 0. The van der Waals surface area contributed by atoms with Crippen LogP contribution >= 0.6 is 102 Å². The molecule has 0 rings (SSSR count). The Morgan fingerprint density at radius 3 is 0.331 bits per heavy atom. The maximum atomic E-state index is 11.6. The minimum Gasteiger partial charge on any atom is -0.756 e. The van der Waals surface area contributed by atoms with Crippen LogP contribution in [0.4, 0.5) is 0 Å². The molecule has 0 aliphatic rings. The Morgan fingerprint density at radius 1 is 0.135 bits per heavy atom. The van der Waals surface area contributed by atoms with E-state index in [1.165, 1.54) is 41.5 Å². The van der Waals surface area contributed by atoms with Crippen LogP contribution in [0.15, 0.2) is 0 Å². The minimum atomic E-state index is -4.81. The van der Waals surface area contributed by atoms with Crippen molar-refractivity contribution >= 4 is 102 Å². The van der Waals surface area contributed by atoms with Crippen LogP contribution in [0.2, 0.25) is 0 Å². The molecule has 0 bridgehead atoms. The van der Waals surface area contributed by atoms with Crippen LogP contribution in [0.3, 0.4) is 0 Å². The van der Waals surface area contributed by atoms with E-state index in [9.17, 15) is 123 Å². The summed E-state index contributed by atoms with van der Waals surface area (Å²) in [6, 6.07) is 0. The molecule has 902 valence electrons. The fraction of sp³-hybridized carbons (Fsp3) is 1.00. The maximum Gasteiger partial charge on any atom is 0.268 e. The Kier molecular flexibility index (Phi) is 78.8. The molecule has 148 heavy (non-hydrogen) atoms. The standard InChI is InChI=1S/C16H37O14P3.C14H32O10P2.C12H29O12P3.C12H28O9P2.C12H28O8P2.C10H23O5P.CH4/c1-15(2,3)29-32(19,20)27-13-9-23-7-11-25-31(17,18)26-12-8-24-10-14-28-33(21,22)30-16(4,5)6;1-13(2,3)20-9-12-22-25(15,16)21-10-7-19-8-11-23-26(17,18)24-14(4,5)6;1-11(2,3)23-26(15,16)21-9-7-19-25(13,14)20-8-10-22-27(17,18)24-12(4,5)6;1-11(2,3)20-22(13,14)18-9-7-17-8-10-19-23(15,16)21-12(4,5)6;1-11(2,3)7-8-17-21(13,14)18-9-10-19-22(15,16)20-12(4,5)6;1-9(2,3)13-7-8-14-16(11,12)15-10(4,5)6;/h7-14H2,1-6H3,(H,17,18)(H,19,20)(H,21,22);7-12H2,1-6H3,(H,15,16)(H,17,18);7-10H2,1-6H3,(H,13,14)(H,15,16)(H,17,18);7-10H2,1-6H3,(H,13,14)(H,15,16);7-10H2,1-6H3,(H,13,14)(H,15,16);7-8H2,1-6H3,(H,11,12);1H4/p-13. The van der Waals surface area contributed by atoms with Gasteiger partial charge in [-0.3, -0.25) is 59.3 Å². The van der Waals surface area contributed by atoms with Gasteiger partial charge in [0.05, 0.1) is 240 Å². The van der Waals surface area contributed by atoms with Gasteiger partial charge in [0.15, 0.2) is 0 Å². The summed E-state index contributed by atoms with van der Waals surface area (Å²) in [5.41, 5.74) is -8.99. The van der Waals surface area contributed by atoms with Crippen LogP contribution < -0.4 is 63.6 Å². The van der Waals surface area contributed by atoms with Crippen LogP contribution in [-0.2, 0) is 205 Å². The summed E-state index contributed by atoms with van der Waals surface area (Å²) >= 11 is 0. The van der Waals surface area contributed by atoms with Gasteiger partial charge in [0.2, 0.25) is 0 Å². The average molecular weight is 2420 g/mol. The summed E-state index contributed by atoms with van der Waals surface area (Å²) in [4.78, 5) is 149. The largest absolute Gasteiger partial charge is 0.756 e. The number of hydrogen-bond acceptors (Lipinski definition) is 58. The topological polar surface area (TPSA) is 817 Å². The lowest BCUT2D eigenvalue weighted by molar-refractivity contribution is -0.240. The van der Waals surface area contributed by atoms with Crippen molar-refractivity contribution in [1.29, 1.82) is 0 Å². The first-order valence-electron chi connectivity index (χ1n) is 44.9. The third-order valence-electron chi connectivity index (χ3n) is 11.9. The minimum absolute atomic E-state index is 0. The van der Waals surface area contributed by atoms with Gasteiger partial charge in [-0.25, -0.2) is 0 Å². The van der Waals surface area contributed by atoms with Crippen molar-refractivity contribution in [2.75, 3.05) is 178 Å². The summed E-state index contributed by atoms with van der Waals surface area (Å²) in [5, 5.41) is 0. The monoisotopic (exact) mass is 2420 g/mol. The van der Waals surface area contributed by atoms with Crippen LogP contribution in [0.5, 0.6) is 0 Å². The smallest absolute Gasteiger partial charge is 0.268 e. The lowest BCUT2D eigenvalue weighted by Crippen LogP contribution is -2.25. The fourth-order valence-corrected chi connectivity index (χ4v) is 19.7. The fourth-order valence-electron chi connectivity index (χ4n) is 7.83. The van der Waals surface area contributed by atoms with E-state index < -0.39 is 192 Å². The van der Waals surface area contributed by atoms with E-state index in [1.807, 2.05) is 62.3 Å². The van der Waals surface area contributed by atoms with Gasteiger partial charge in [-0.2, -0.15) is 0 Å². The summed E-state index contributed by atoms with van der Waals surface area (Å²) in [7, 11) is -58.4. The van der Waals surface area contributed by atoms with Gasteiger partial charge < -0.3 is 210 Å². The van der Waals surface area contributed by atoms with Crippen molar-refractivity contribution in [3.05, 3.63) is 0 Å². The first-order chi connectivity index (χ1) is 64.9. The van der Waals surface area contributed by atoms with Crippen molar-refractivity contribution in [3.8, 4) is 0 Å². The number of hydrogen-bond donors (Lipinski definition) is 0. The van der Waals surface area contributed by atoms with Crippen LogP contribution in [0.25, 0.3) is 0 Å². The van der Waals surface area contributed by atoms with Gasteiger partial charge >= 0.3 is 0 Å². The van der Waals surface area contributed by atoms with Crippen molar-refractivity contribution in [2.24, 2.45) is 5.41 Å². The molecule has 0 aliphatic carbocycles. The second-order valence-electron chi connectivity index (χ2n) is 41.5. The SMILES string of the molecule is C.CC(C)(C)CCOP(=O)([O-])OCCOP(=O)([O-])OC(C)(C)C.CC(C)(C)OCCOP(=O)([O-])OC(C)(C)C.CC(C)(C)OCCOP(=O)([O-])OCCOCCOP(=O)([O-])OC(C)(C)C.CC(C)(C)OP(=O)([O-])OCCOCCOP(=O)([O-])OC(C)(C)C.CC(C)(C)OP(=O)([O-])OCCOCCOP(=O)([O-])OCCOCCOP(=O)([O-])OC(C)(C)C.CC(C)(C)OP(=O)([O-])OCCOP(=O)([O-])OCCOP(=O)([O-])OC(C)(C)C. The van der Waals surface area contributed by atoms with E-state index in [-0.39, 0.29) is 163 Å². The van der Waals surface area contributed by atoms with Gasteiger partial charge in [0, 0.05) is 0 Å². The molecule has 11 unspecified atom stereocenters. The van der Waals surface area contributed by atoms with Crippen molar-refractivity contribution in [2.45, 2.75) is 325 Å². The van der Waals surface area contributed by atoms with Gasteiger partial charge in [0.1, 0.15) is 0 Å². The van der Waals surface area contributed by atoms with Gasteiger partial charge in [0.25, 0.3) is 102 Å². The summed E-state index contributed by atoms with van der Waals surface area (Å²) in [6.07, 6.45) is 0.536. The average Bonchev–Trinajstić information content (AvgIpc) is 0.949.